The van der Waals surface area contributed by atoms with E-state index in [-0.39, 0.29) is 6.10 Å². The molecule has 0 aromatic carbocycles. The molecule has 0 aliphatic carbocycles. The van der Waals surface area contributed by atoms with Gasteiger partial charge in [0.2, 0.25) is 0 Å². The van der Waals surface area contributed by atoms with E-state index in [0.29, 0.717) is 23.8 Å². The van der Waals surface area contributed by atoms with Crippen molar-refractivity contribution in [2.24, 2.45) is 17.8 Å². The van der Waals surface area contributed by atoms with Gasteiger partial charge in [0.1, 0.15) is 12.4 Å². The van der Waals surface area contributed by atoms with Crippen molar-refractivity contribution in [2.75, 3.05) is 0 Å². The number of hydrogen-bond donors (Lipinski definition) is 0. The van der Waals surface area contributed by atoms with Gasteiger partial charge in [0, 0.05) is 17.9 Å². The van der Waals surface area contributed by atoms with E-state index in [1.807, 2.05) is 6.26 Å². The molecule has 0 amide bonds. The average Bonchev–Trinajstić information content (AvgIpc) is 2.47. The van der Waals surface area contributed by atoms with Gasteiger partial charge in [-0.15, -0.1) is 0 Å². The molecule has 0 saturated carbocycles. The molecule has 0 bridgehead atoms. The van der Waals surface area contributed by atoms with Crippen LogP contribution in [0.2, 0.25) is 0 Å². The van der Waals surface area contributed by atoms with Gasteiger partial charge in [-0.1, -0.05) is 41.5 Å². The second-order valence-corrected chi connectivity index (χ2v) is 6.74. The number of nitrogens with zero attached hydrogens (tertiary/aromatic N) is 1. The summed E-state index contributed by atoms with van der Waals surface area (Å²) in [5.74, 6) is 1.50. The highest BCUT2D eigenvalue weighted by atomic mass is 16.5. The van der Waals surface area contributed by atoms with Gasteiger partial charge in [0.05, 0.1) is 0 Å². The lowest BCUT2D eigenvalue weighted by atomic mass is 9.85. The normalized spacial score (nSPS) is 20.8. The topological polar surface area (TPSA) is 12.5 Å². The van der Waals surface area contributed by atoms with Crippen LogP contribution in [0, 0.1) is 17.8 Å². The minimum atomic E-state index is 0.192. The van der Waals surface area contributed by atoms with Crippen LogP contribution in [0.4, 0.5) is 0 Å². The third-order valence-electron chi connectivity index (χ3n) is 3.66. The molecule has 1 aliphatic heterocycles. The number of ether oxygens (including phenoxy) is 1. The molecule has 19 heavy (non-hydrogen) atoms. The maximum absolute atomic E-state index is 6.02. The molecular formula is C17H31NO. The summed E-state index contributed by atoms with van der Waals surface area (Å²) in [6.45, 7) is 18.1. The van der Waals surface area contributed by atoms with Gasteiger partial charge in [-0.05, 0) is 37.2 Å². The summed E-state index contributed by atoms with van der Waals surface area (Å²) in [4.78, 5) is 2.38. The van der Waals surface area contributed by atoms with E-state index in [1.54, 1.807) is 0 Å². The zero-order chi connectivity index (χ0) is 14.7. The smallest absolute Gasteiger partial charge is 0.123 e. The lowest BCUT2D eigenvalue weighted by Gasteiger charge is -2.34. The third kappa shape index (κ3) is 3.55. The summed E-state index contributed by atoms with van der Waals surface area (Å²) in [5.41, 5.74) is 2.90. The Morgan fingerprint density at radius 1 is 0.947 bits per heavy atom. The molecule has 0 aromatic rings. The minimum absolute atomic E-state index is 0.192. The van der Waals surface area contributed by atoms with Crippen LogP contribution < -0.4 is 0 Å². The van der Waals surface area contributed by atoms with Crippen LogP contribution in [0.25, 0.3) is 0 Å². The number of rotatable bonds is 4. The van der Waals surface area contributed by atoms with E-state index in [9.17, 15) is 0 Å². The Balaban J connectivity index is 3.41. The van der Waals surface area contributed by atoms with Crippen LogP contribution in [0.5, 0.6) is 0 Å². The first-order valence-corrected chi connectivity index (χ1v) is 7.61. The van der Waals surface area contributed by atoms with Gasteiger partial charge in [-0.2, -0.15) is 0 Å². The SMILES string of the molecule is CC(C)C1=C(C(C)C)N(C(C)C)C=COC1C(C)C. The molecule has 2 heteroatoms. The van der Waals surface area contributed by atoms with Crippen LogP contribution >= 0.6 is 0 Å². The van der Waals surface area contributed by atoms with E-state index >= 15 is 0 Å². The monoisotopic (exact) mass is 265 g/mol. The van der Waals surface area contributed by atoms with E-state index in [1.165, 1.54) is 11.3 Å². The van der Waals surface area contributed by atoms with Gasteiger partial charge < -0.3 is 9.64 Å². The fourth-order valence-corrected chi connectivity index (χ4v) is 2.86. The highest BCUT2D eigenvalue weighted by Gasteiger charge is 2.30. The fraction of sp³-hybridized carbons (Fsp3) is 0.765. The number of allylic oxidation sites excluding steroid dienone is 1. The van der Waals surface area contributed by atoms with Crippen molar-refractivity contribution in [3.05, 3.63) is 23.7 Å². The maximum atomic E-state index is 6.02. The lowest BCUT2D eigenvalue weighted by Crippen LogP contribution is -2.32. The van der Waals surface area contributed by atoms with Crippen molar-refractivity contribution in [3.63, 3.8) is 0 Å². The van der Waals surface area contributed by atoms with Crippen molar-refractivity contribution in [2.45, 2.75) is 67.5 Å². The first kappa shape index (κ1) is 16.1. The molecule has 2 nitrogen and oxygen atoms in total. The largest absolute Gasteiger partial charge is 0.492 e. The summed E-state index contributed by atoms with van der Waals surface area (Å²) in [5, 5.41) is 0. The Labute approximate surface area is 119 Å². The van der Waals surface area contributed by atoms with Gasteiger partial charge in [0.15, 0.2) is 0 Å². The van der Waals surface area contributed by atoms with Gasteiger partial charge >= 0.3 is 0 Å². The summed E-state index contributed by atoms with van der Waals surface area (Å²) in [6, 6.07) is 0.455. The molecule has 1 rings (SSSR count). The quantitative estimate of drug-likeness (QED) is 0.724. The fourth-order valence-electron chi connectivity index (χ4n) is 2.86. The predicted molar refractivity (Wildman–Crippen MR) is 82.5 cm³/mol. The Bertz CT molecular complexity index is 350. The molecule has 1 atom stereocenters. The summed E-state index contributed by atoms with van der Waals surface area (Å²) >= 11 is 0. The Morgan fingerprint density at radius 2 is 1.53 bits per heavy atom. The first-order valence-electron chi connectivity index (χ1n) is 7.61. The van der Waals surface area contributed by atoms with Crippen molar-refractivity contribution in [1.29, 1.82) is 0 Å². The van der Waals surface area contributed by atoms with Crippen molar-refractivity contribution < 1.29 is 4.74 Å². The van der Waals surface area contributed by atoms with Crippen LogP contribution in [0.1, 0.15) is 55.4 Å². The van der Waals surface area contributed by atoms with Gasteiger partial charge in [0.25, 0.3) is 0 Å². The zero-order valence-electron chi connectivity index (χ0n) is 13.9. The molecule has 0 saturated heterocycles. The van der Waals surface area contributed by atoms with Crippen molar-refractivity contribution in [3.8, 4) is 0 Å². The molecule has 1 aliphatic rings. The van der Waals surface area contributed by atoms with Crippen LogP contribution in [-0.4, -0.2) is 17.0 Å². The first-order chi connectivity index (χ1) is 8.77. The molecule has 1 unspecified atom stereocenters. The molecule has 0 spiro atoms. The predicted octanol–water partition coefficient (Wildman–Crippen LogP) is 4.79. The minimum Gasteiger partial charge on any atom is -0.492 e. The van der Waals surface area contributed by atoms with Gasteiger partial charge in [-0.3, -0.25) is 0 Å². The zero-order valence-corrected chi connectivity index (χ0v) is 13.9. The summed E-state index contributed by atoms with van der Waals surface area (Å²) < 4.78 is 6.02. The molecule has 0 N–H and O–H groups in total. The van der Waals surface area contributed by atoms with Crippen molar-refractivity contribution >= 4 is 0 Å². The standard InChI is InChI=1S/C17H31NO/c1-11(2)15-16(12(3)4)18(14(7)8)9-10-19-17(15)13(5)6/h9-14,17H,1-8H3. The van der Waals surface area contributed by atoms with Crippen LogP contribution in [-0.2, 0) is 4.74 Å². The maximum Gasteiger partial charge on any atom is 0.123 e. The van der Waals surface area contributed by atoms with Crippen LogP contribution in [0.3, 0.4) is 0 Å². The number of hydrogen-bond acceptors (Lipinski definition) is 2. The third-order valence-corrected chi connectivity index (χ3v) is 3.66. The van der Waals surface area contributed by atoms with E-state index < -0.39 is 0 Å². The van der Waals surface area contributed by atoms with E-state index in [0.717, 1.165) is 0 Å². The van der Waals surface area contributed by atoms with E-state index in [2.05, 4.69) is 66.5 Å². The molecule has 0 aromatic heterocycles. The molecule has 110 valence electrons. The highest BCUT2D eigenvalue weighted by Crippen LogP contribution is 2.34. The average molecular weight is 265 g/mol. The Morgan fingerprint density at radius 3 is 1.89 bits per heavy atom. The van der Waals surface area contributed by atoms with Crippen LogP contribution in [0.15, 0.2) is 23.7 Å². The van der Waals surface area contributed by atoms with Gasteiger partial charge in [-0.25, -0.2) is 0 Å². The molecule has 0 fully saturated rings. The second-order valence-electron chi connectivity index (χ2n) is 6.74. The molecular weight excluding hydrogens is 234 g/mol. The lowest BCUT2D eigenvalue weighted by molar-refractivity contribution is 0.124. The Kier molecular flexibility index (Phi) is 5.51. The van der Waals surface area contributed by atoms with Crippen molar-refractivity contribution in [1.82, 2.24) is 4.90 Å². The summed E-state index contributed by atoms with van der Waals surface area (Å²) in [6.07, 6.45) is 4.17. The summed E-state index contributed by atoms with van der Waals surface area (Å²) in [7, 11) is 0. The highest BCUT2D eigenvalue weighted by molar-refractivity contribution is 5.25. The second kappa shape index (κ2) is 6.49. The molecule has 1 heterocycles. The molecule has 0 radical (unpaired) electrons. The Hall–Kier alpha value is -0.920. The van der Waals surface area contributed by atoms with E-state index in [4.69, 9.17) is 4.74 Å².